The van der Waals surface area contributed by atoms with Gasteiger partial charge in [0.25, 0.3) is 0 Å². The van der Waals surface area contributed by atoms with Gasteiger partial charge in [0.1, 0.15) is 11.9 Å². The SMILES string of the molecule is CC(C)C(C=O)NC(=O)OC(C)(C)C.CNc1ccc(C2CCN(C(=O)Nc3c(Cl)cccc3Cl)CC2)cc1. The van der Waals surface area contributed by atoms with E-state index in [0.29, 0.717) is 41.0 Å². The van der Waals surface area contributed by atoms with Crippen LogP contribution in [0.15, 0.2) is 42.5 Å². The van der Waals surface area contributed by atoms with Gasteiger partial charge in [-0.15, -0.1) is 0 Å². The van der Waals surface area contributed by atoms with E-state index in [2.05, 4.69) is 40.2 Å². The molecule has 0 radical (unpaired) electrons. The number of aldehydes is 1. The van der Waals surface area contributed by atoms with E-state index < -0.39 is 17.7 Å². The number of urea groups is 1. The van der Waals surface area contributed by atoms with Gasteiger partial charge in [-0.3, -0.25) is 0 Å². The molecule has 1 atom stereocenters. The lowest BCUT2D eigenvalue weighted by Gasteiger charge is -2.32. The molecule has 8 nitrogen and oxygen atoms in total. The Balaban J connectivity index is 0.000000326. The normalized spacial score (nSPS) is 14.5. The molecule has 1 fully saturated rings. The van der Waals surface area contributed by atoms with Crippen molar-refractivity contribution in [1.82, 2.24) is 10.2 Å². The molecule has 1 saturated heterocycles. The number of hydrogen-bond acceptors (Lipinski definition) is 5. The van der Waals surface area contributed by atoms with Crippen LogP contribution in [0.25, 0.3) is 0 Å². The van der Waals surface area contributed by atoms with Crippen LogP contribution in [0.5, 0.6) is 0 Å². The first-order chi connectivity index (χ1) is 18.3. The second kappa shape index (κ2) is 15.0. The highest BCUT2D eigenvalue weighted by Crippen LogP contribution is 2.32. The van der Waals surface area contributed by atoms with E-state index in [-0.39, 0.29) is 11.9 Å². The van der Waals surface area contributed by atoms with E-state index in [4.69, 9.17) is 27.9 Å². The summed E-state index contributed by atoms with van der Waals surface area (Å²) in [4.78, 5) is 36.1. The van der Waals surface area contributed by atoms with Gasteiger partial charge < -0.3 is 30.4 Å². The zero-order valence-electron chi connectivity index (χ0n) is 23.5. The Kier molecular flexibility index (Phi) is 12.4. The molecule has 0 bridgehead atoms. The third-order valence-electron chi connectivity index (χ3n) is 6.20. The second-order valence-corrected chi connectivity index (χ2v) is 11.5. The smallest absolute Gasteiger partial charge is 0.408 e. The summed E-state index contributed by atoms with van der Waals surface area (Å²) in [6.07, 6.45) is 2.06. The number of carbonyl (C=O) groups excluding carboxylic acids is 3. The number of benzene rings is 2. The number of rotatable bonds is 6. The van der Waals surface area contributed by atoms with Crippen molar-refractivity contribution in [2.75, 3.05) is 30.8 Å². The van der Waals surface area contributed by atoms with Gasteiger partial charge in [-0.25, -0.2) is 9.59 Å². The molecule has 2 aromatic rings. The molecule has 0 spiro atoms. The number of hydrogen-bond donors (Lipinski definition) is 3. The predicted octanol–water partition coefficient (Wildman–Crippen LogP) is 7.18. The summed E-state index contributed by atoms with van der Waals surface area (Å²) in [6.45, 7) is 10.5. The number of halogens is 2. The number of carbonyl (C=O) groups is 3. The minimum Gasteiger partial charge on any atom is -0.444 e. The van der Waals surface area contributed by atoms with Gasteiger partial charge in [-0.05, 0) is 75.3 Å². The molecular formula is C29H40Cl2N4O4. The fourth-order valence-electron chi connectivity index (χ4n) is 3.94. The molecule has 1 aliphatic rings. The maximum atomic E-state index is 12.5. The molecule has 3 amide bonds. The molecule has 1 heterocycles. The maximum absolute atomic E-state index is 12.5. The Morgan fingerprint density at radius 3 is 2.05 bits per heavy atom. The van der Waals surface area contributed by atoms with E-state index in [1.807, 2.05) is 25.8 Å². The maximum Gasteiger partial charge on any atom is 0.408 e. The minimum atomic E-state index is -0.553. The van der Waals surface area contributed by atoms with Crippen molar-refractivity contribution in [2.24, 2.45) is 5.92 Å². The first-order valence-electron chi connectivity index (χ1n) is 13.1. The minimum absolute atomic E-state index is 0.0695. The Labute approximate surface area is 241 Å². The van der Waals surface area contributed by atoms with Crippen molar-refractivity contribution in [3.63, 3.8) is 0 Å². The lowest BCUT2D eigenvalue weighted by atomic mass is 9.89. The molecule has 1 unspecified atom stereocenters. The van der Waals surface area contributed by atoms with Crippen molar-refractivity contribution in [1.29, 1.82) is 0 Å². The number of piperidine rings is 1. The van der Waals surface area contributed by atoms with Crippen molar-refractivity contribution in [3.8, 4) is 0 Å². The molecule has 10 heteroatoms. The quantitative estimate of drug-likeness (QED) is 0.315. The predicted molar refractivity (Wildman–Crippen MR) is 159 cm³/mol. The standard InChI is InChI=1S/C19H21Cl2N3O.C10H19NO3/c1-22-15-7-5-13(6-8-15)14-9-11-24(12-10-14)19(25)23-18-16(20)3-2-4-17(18)21;1-7(2)8(6-12)11-9(13)14-10(3,4)5/h2-8,14,22H,9-12H2,1H3,(H,23,25);6-8H,1-5H3,(H,11,13). The third kappa shape index (κ3) is 10.6. The number of likely N-dealkylation sites (tertiary alicyclic amines) is 1. The summed E-state index contributed by atoms with van der Waals surface area (Å²) in [5, 5.41) is 9.34. The van der Waals surface area contributed by atoms with Crippen LogP contribution >= 0.6 is 23.2 Å². The fourth-order valence-corrected chi connectivity index (χ4v) is 4.43. The molecule has 214 valence electrons. The summed E-state index contributed by atoms with van der Waals surface area (Å²) in [7, 11) is 1.91. The van der Waals surface area contributed by atoms with Gasteiger partial charge in [0.15, 0.2) is 0 Å². The van der Waals surface area contributed by atoms with Crippen LogP contribution < -0.4 is 16.0 Å². The molecule has 1 aliphatic heterocycles. The van der Waals surface area contributed by atoms with Crippen LogP contribution in [0.4, 0.5) is 21.0 Å². The molecule has 0 aromatic heterocycles. The van der Waals surface area contributed by atoms with Crippen molar-refractivity contribution >= 4 is 53.0 Å². The molecule has 3 rings (SSSR count). The average molecular weight is 580 g/mol. The molecule has 0 aliphatic carbocycles. The van der Waals surface area contributed by atoms with Crippen LogP contribution in [0.1, 0.15) is 58.9 Å². The Bertz CT molecular complexity index is 1080. The Hall–Kier alpha value is -2.97. The fraction of sp³-hybridized carbons (Fsp3) is 0.483. The number of alkyl carbamates (subject to hydrolysis) is 1. The lowest BCUT2D eigenvalue weighted by molar-refractivity contribution is -0.110. The number of amides is 3. The van der Waals surface area contributed by atoms with Crippen LogP contribution in [0, 0.1) is 5.92 Å². The summed E-state index contributed by atoms with van der Waals surface area (Å²) >= 11 is 12.2. The van der Waals surface area contributed by atoms with E-state index >= 15 is 0 Å². The number of ether oxygens (including phenoxy) is 1. The van der Waals surface area contributed by atoms with Crippen molar-refractivity contribution in [3.05, 3.63) is 58.1 Å². The second-order valence-electron chi connectivity index (χ2n) is 10.7. The van der Waals surface area contributed by atoms with Crippen LogP contribution in [0.3, 0.4) is 0 Å². The van der Waals surface area contributed by atoms with Crippen LogP contribution in [-0.4, -0.2) is 55.1 Å². The number of para-hydroxylation sites is 1. The van der Waals surface area contributed by atoms with E-state index in [9.17, 15) is 14.4 Å². The van der Waals surface area contributed by atoms with Gasteiger partial charge in [0.05, 0.1) is 21.8 Å². The number of anilines is 2. The van der Waals surface area contributed by atoms with Crippen molar-refractivity contribution < 1.29 is 19.1 Å². The highest BCUT2D eigenvalue weighted by molar-refractivity contribution is 6.39. The van der Waals surface area contributed by atoms with Gasteiger partial charge in [0, 0.05) is 25.8 Å². The number of nitrogens with one attached hydrogen (secondary N) is 3. The van der Waals surface area contributed by atoms with E-state index in [0.717, 1.165) is 18.5 Å². The van der Waals surface area contributed by atoms with E-state index in [1.165, 1.54) is 5.56 Å². The molecule has 2 aromatic carbocycles. The van der Waals surface area contributed by atoms with Crippen LogP contribution in [-0.2, 0) is 9.53 Å². The summed E-state index contributed by atoms with van der Waals surface area (Å²) in [5.41, 5.74) is 2.38. The van der Waals surface area contributed by atoms with Gasteiger partial charge in [-0.1, -0.05) is 55.2 Å². The molecule has 39 heavy (non-hydrogen) atoms. The average Bonchev–Trinajstić information content (AvgIpc) is 2.88. The lowest BCUT2D eigenvalue weighted by Crippen LogP contribution is -2.42. The number of nitrogens with zero attached hydrogens (tertiary/aromatic N) is 1. The van der Waals surface area contributed by atoms with Gasteiger partial charge in [0.2, 0.25) is 0 Å². The molecular weight excluding hydrogens is 539 g/mol. The first-order valence-corrected chi connectivity index (χ1v) is 13.8. The van der Waals surface area contributed by atoms with Gasteiger partial charge in [-0.2, -0.15) is 0 Å². The zero-order chi connectivity index (χ0) is 29.2. The summed E-state index contributed by atoms with van der Waals surface area (Å²) < 4.78 is 5.01. The van der Waals surface area contributed by atoms with Crippen molar-refractivity contribution in [2.45, 2.75) is 65.0 Å². The largest absolute Gasteiger partial charge is 0.444 e. The Morgan fingerprint density at radius 2 is 1.59 bits per heavy atom. The van der Waals surface area contributed by atoms with Crippen LogP contribution in [0.2, 0.25) is 10.0 Å². The molecule has 0 saturated carbocycles. The highest BCUT2D eigenvalue weighted by Gasteiger charge is 2.25. The first kappa shape index (κ1) is 32.2. The topological polar surface area (TPSA) is 99.8 Å². The van der Waals surface area contributed by atoms with Gasteiger partial charge >= 0.3 is 12.1 Å². The summed E-state index contributed by atoms with van der Waals surface area (Å²) in [6, 6.07) is 13.1. The van der Waals surface area contributed by atoms with E-state index in [1.54, 1.807) is 39.0 Å². The molecule has 3 N–H and O–H groups in total. The third-order valence-corrected chi connectivity index (χ3v) is 6.83. The Morgan fingerprint density at radius 1 is 1.03 bits per heavy atom. The highest BCUT2D eigenvalue weighted by atomic mass is 35.5. The summed E-state index contributed by atoms with van der Waals surface area (Å²) in [5.74, 6) is 0.555. The monoisotopic (exact) mass is 578 g/mol. The zero-order valence-corrected chi connectivity index (χ0v) is 25.0.